The van der Waals surface area contributed by atoms with E-state index in [1.54, 1.807) is 12.1 Å². The number of hydrogen-bond acceptors (Lipinski definition) is 6. The summed E-state index contributed by atoms with van der Waals surface area (Å²) in [7, 11) is 4.33. The first kappa shape index (κ1) is 18.3. The molecule has 132 valence electrons. The van der Waals surface area contributed by atoms with Gasteiger partial charge in [0.25, 0.3) is 11.8 Å². The summed E-state index contributed by atoms with van der Waals surface area (Å²) in [6.07, 6.45) is 0.593. The number of benzene rings is 1. The molecule has 1 amide bonds. The number of ether oxygens (including phenoxy) is 1. The van der Waals surface area contributed by atoms with Crippen LogP contribution in [0.1, 0.15) is 43.6 Å². The molecule has 0 aromatic heterocycles. The number of carbonyl (C=O) groups excluding carboxylic acids is 1. The largest absolute Gasteiger partial charge is 0.498 e. The Labute approximate surface area is 148 Å². The molecule has 2 aliphatic rings. The Kier molecular flexibility index (Phi) is 4.19. The van der Waals surface area contributed by atoms with Crippen molar-refractivity contribution in [2.75, 3.05) is 6.54 Å². The zero-order chi connectivity index (χ0) is 18.6. The summed E-state index contributed by atoms with van der Waals surface area (Å²) in [6, 6.07) is 3.16. The molecule has 0 aliphatic carbocycles. The first-order valence-corrected chi connectivity index (χ1v) is 8.13. The van der Waals surface area contributed by atoms with Gasteiger partial charge in [-0.25, -0.2) is 0 Å². The second-order valence-corrected chi connectivity index (χ2v) is 7.40. The van der Waals surface area contributed by atoms with Crippen LogP contribution in [0.25, 0.3) is 0 Å². The van der Waals surface area contributed by atoms with Gasteiger partial charge in [-0.15, -0.1) is 0 Å². The fourth-order valence-corrected chi connectivity index (χ4v) is 2.87. The molecular weight excluding hydrogens is 324 g/mol. The average Bonchev–Trinajstić information content (AvgIpc) is 2.65. The zero-order valence-electron chi connectivity index (χ0n) is 14.8. The van der Waals surface area contributed by atoms with Gasteiger partial charge >= 0.3 is 7.12 Å². The molecule has 25 heavy (non-hydrogen) atoms. The van der Waals surface area contributed by atoms with Crippen LogP contribution in [0.2, 0.25) is 0 Å². The van der Waals surface area contributed by atoms with Crippen LogP contribution in [0.5, 0.6) is 5.75 Å². The van der Waals surface area contributed by atoms with Gasteiger partial charge in [-0.05, 0) is 51.8 Å². The highest BCUT2D eigenvalue weighted by molar-refractivity contribution is 6.63. The minimum absolute atomic E-state index is 0.0967. The first-order valence-electron chi connectivity index (χ1n) is 8.13. The molecule has 1 saturated heterocycles. The quantitative estimate of drug-likeness (QED) is 0.501. The second kappa shape index (κ2) is 5.74. The van der Waals surface area contributed by atoms with Crippen LogP contribution in [-0.4, -0.2) is 54.7 Å². The van der Waals surface area contributed by atoms with Gasteiger partial charge in [-0.1, -0.05) is 0 Å². The van der Waals surface area contributed by atoms with Crippen molar-refractivity contribution in [2.24, 2.45) is 0 Å². The summed E-state index contributed by atoms with van der Waals surface area (Å²) in [6.45, 7) is 8.06. The predicted molar refractivity (Wildman–Crippen MR) is 91.7 cm³/mol. The van der Waals surface area contributed by atoms with Gasteiger partial charge in [0.1, 0.15) is 5.75 Å². The maximum Gasteiger partial charge on any atom is 0.498 e. The normalized spacial score (nSPS) is 21.7. The zero-order valence-corrected chi connectivity index (χ0v) is 14.8. The summed E-state index contributed by atoms with van der Waals surface area (Å²) in [5.74, 6) is -2.97. The van der Waals surface area contributed by atoms with Crippen molar-refractivity contribution in [3.05, 3.63) is 23.3 Å². The van der Waals surface area contributed by atoms with Gasteiger partial charge in [0, 0.05) is 17.6 Å². The molecule has 2 radical (unpaired) electrons. The van der Waals surface area contributed by atoms with Crippen LogP contribution in [0.4, 0.5) is 0 Å². The van der Waals surface area contributed by atoms with E-state index in [-0.39, 0.29) is 11.7 Å². The standard InChI is InChI=1S/C16H21B2NO6/c1-14(2)15(3,4)25-18(24-14)11-8-10-9(5-6-19-13(10)20)7-12(11)23-16(17,21)22/h7-8,21-22H,5-6H2,1-4H3,(H,19,20). The van der Waals surface area contributed by atoms with E-state index in [0.29, 0.717) is 24.0 Å². The lowest BCUT2D eigenvalue weighted by Gasteiger charge is -2.32. The van der Waals surface area contributed by atoms with Crippen molar-refractivity contribution in [1.29, 1.82) is 0 Å². The van der Waals surface area contributed by atoms with E-state index in [2.05, 4.69) is 5.32 Å². The van der Waals surface area contributed by atoms with Gasteiger partial charge in [0.15, 0.2) is 0 Å². The summed E-state index contributed by atoms with van der Waals surface area (Å²) in [5.41, 5.74) is 0.355. The lowest BCUT2D eigenvalue weighted by molar-refractivity contribution is -0.223. The molecule has 1 aromatic carbocycles. The molecule has 9 heteroatoms. The molecule has 0 saturated carbocycles. The predicted octanol–water partition coefficient (Wildman–Crippen LogP) is -0.585. The van der Waals surface area contributed by atoms with Crippen LogP contribution in [0.15, 0.2) is 12.1 Å². The van der Waals surface area contributed by atoms with Crippen LogP contribution in [-0.2, 0) is 15.7 Å². The van der Waals surface area contributed by atoms with E-state index >= 15 is 0 Å². The Hall–Kier alpha value is -1.54. The molecular formula is C16H21B2NO6. The van der Waals surface area contributed by atoms with Crippen molar-refractivity contribution >= 4 is 26.3 Å². The van der Waals surface area contributed by atoms with Crippen molar-refractivity contribution in [3.63, 3.8) is 0 Å². The minimum Gasteiger partial charge on any atom is -0.449 e. The number of rotatable bonds is 3. The lowest BCUT2D eigenvalue weighted by atomic mass is 9.76. The number of carbonyl (C=O) groups is 1. The smallest absolute Gasteiger partial charge is 0.449 e. The molecule has 0 unspecified atom stereocenters. The van der Waals surface area contributed by atoms with E-state index < -0.39 is 24.2 Å². The molecule has 2 aliphatic heterocycles. The summed E-state index contributed by atoms with van der Waals surface area (Å²) < 4.78 is 17.1. The van der Waals surface area contributed by atoms with E-state index in [1.165, 1.54) is 0 Å². The van der Waals surface area contributed by atoms with Gasteiger partial charge in [0.2, 0.25) is 7.85 Å². The number of nitrogens with one attached hydrogen (secondary N) is 1. The molecule has 1 aromatic rings. The fourth-order valence-electron chi connectivity index (χ4n) is 2.87. The van der Waals surface area contributed by atoms with Crippen molar-refractivity contribution in [3.8, 4) is 5.75 Å². The van der Waals surface area contributed by atoms with E-state index in [1.807, 2.05) is 27.7 Å². The molecule has 3 rings (SSSR count). The molecule has 0 bridgehead atoms. The second-order valence-electron chi connectivity index (χ2n) is 7.40. The van der Waals surface area contributed by atoms with Crippen molar-refractivity contribution in [1.82, 2.24) is 5.32 Å². The minimum atomic E-state index is -2.86. The van der Waals surface area contributed by atoms with Crippen LogP contribution in [0, 0.1) is 0 Å². The van der Waals surface area contributed by atoms with Gasteiger partial charge < -0.3 is 29.6 Å². The van der Waals surface area contributed by atoms with Crippen LogP contribution >= 0.6 is 0 Å². The van der Waals surface area contributed by atoms with Gasteiger partial charge in [0.05, 0.1) is 11.2 Å². The first-order chi connectivity index (χ1) is 11.4. The average molecular weight is 345 g/mol. The van der Waals surface area contributed by atoms with Gasteiger partial charge in [-0.2, -0.15) is 0 Å². The summed E-state index contributed by atoms with van der Waals surface area (Å²) in [5, 5.41) is 21.7. The highest BCUT2D eigenvalue weighted by Gasteiger charge is 2.53. The lowest BCUT2D eigenvalue weighted by Crippen LogP contribution is -2.43. The third-order valence-corrected chi connectivity index (χ3v) is 4.93. The monoisotopic (exact) mass is 345 g/mol. The Morgan fingerprint density at radius 2 is 1.84 bits per heavy atom. The van der Waals surface area contributed by atoms with Crippen molar-refractivity contribution in [2.45, 2.75) is 51.2 Å². The van der Waals surface area contributed by atoms with Gasteiger partial charge in [-0.3, -0.25) is 4.79 Å². The van der Waals surface area contributed by atoms with E-state index in [9.17, 15) is 15.0 Å². The van der Waals surface area contributed by atoms with E-state index in [4.69, 9.17) is 21.9 Å². The highest BCUT2D eigenvalue weighted by atomic mass is 16.8. The van der Waals surface area contributed by atoms with Crippen LogP contribution < -0.4 is 15.5 Å². The molecule has 7 nitrogen and oxygen atoms in total. The number of aliphatic hydroxyl groups is 2. The van der Waals surface area contributed by atoms with Crippen LogP contribution in [0.3, 0.4) is 0 Å². The summed E-state index contributed by atoms with van der Waals surface area (Å²) >= 11 is 0. The SMILES string of the molecule is [B]C(O)(O)Oc1cc2c(cc1B1OC(C)(C)C(C)(C)O1)C(=O)NCC2. The third-order valence-electron chi connectivity index (χ3n) is 4.93. The molecule has 1 fully saturated rings. The molecule has 0 atom stereocenters. The Balaban J connectivity index is 2.08. The highest BCUT2D eigenvalue weighted by Crippen LogP contribution is 2.37. The molecule has 2 heterocycles. The maximum absolute atomic E-state index is 12.1. The maximum atomic E-state index is 12.1. The Morgan fingerprint density at radius 3 is 2.40 bits per heavy atom. The molecule has 3 N–H and O–H groups in total. The molecule has 0 spiro atoms. The third kappa shape index (κ3) is 3.42. The number of amides is 1. The Morgan fingerprint density at radius 1 is 1.24 bits per heavy atom. The Bertz CT molecular complexity index is 697. The topological polar surface area (TPSA) is 97.2 Å². The van der Waals surface area contributed by atoms with E-state index in [0.717, 1.165) is 5.56 Å². The fraction of sp³-hybridized carbons (Fsp3) is 0.562. The van der Waals surface area contributed by atoms with Crippen molar-refractivity contribution < 1.29 is 29.1 Å². The number of hydrogen-bond donors (Lipinski definition) is 3. The summed E-state index contributed by atoms with van der Waals surface area (Å²) in [4.78, 5) is 12.1. The number of fused-ring (bicyclic) bond motifs is 1.